The van der Waals surface area contributed by atoms with Gasteiger partial charge in [0.15, 0.2) is 0 Å². The molecule has 1 fully saturated rings. The number of hydrogen-bond acceptors (Lipinski definition) is 4. The third-order valence-corrected chi connectivity index (χ3v) is 3.49. The van der Waals surface area contributed by atoms with Gasteiger partial charge in [0.25, 0.3) is 0 Å². The van der Waals surface area contributed by atoms with Gasteiger partial charge in [-0.2, -0.15) is 0 Å². The summed E-state index contributed by atoms with van der Waals surface area (Å²) < 4.78 is 0. The molecule has 5 heteroatoms. The highest BCUT2D eigenvalue weighted by Crippen LogP contribution is 2.18. The summed E-state index contributed by atoms with van der Waals surface area (Å²) in [6.45, 7) is 6.79. The second-order valence-corrected chi connectivity index (χ2v) is 5.07. The Labute approximate surface area is 108 Å². The zero-order valence-electron chi connectivity index (χ0n) is 10.4. The number of rotatable bonds is 4. The fraction of sp³-hybridized carbons (Fsp3) is 0.667. The van der Waals surface area contributed by atoms with Crippen molar-refractivity contribution in [3.63, 3.8) is 0 Å². The number of anilines is 1. The summed E-state index contributed by atoms with van der Waals surface area (Å²) in [5.74, 6) is 1.48. The van der Waals surface area contributed by atoms with E-state index in [-0.39, 0.29) is 0 Å². The van der Waals surface area contributed by atoms with Crippen molar-refractivity contribution in [1.82, 2.24) is 14.9 Å². The Morgan fingerprint density at radius 1 is 1.47 bits per heavy atom. The van der Waals surface area contributed by atoms with E-state index in [2.05, 4.69) is 26.7 Å². The lowest BCUT2D eigenvalue weighted by Gasteiger charge is -2.21. The zero-order chi connectivity index (χ0) is 12.3. The van der Waals surface area contributed by atoms with Gasteiger partial charge in [-0.25, -0.2) is 9.97 Å². The van der Waals surface area contributed by atoms with Crippen LogP contribution in [0.2, 0.25) is 5.02 Å². The van der Waals surface area contributed by atoms with E-state index in [1.807, 2.05) is 7.05 Å². The molecule has 1 saturated heterocycles. The van der Waals surface area contributed by atoms with Crippen LogP contribution in [0.25, 0.3) is 0 Å². The lowest BCUT2D eigenvalue weighted by molar-refractivity contribution is 0.343. The van der Waals surface area contributed by atoms with E-state index in [4.69, 9.17) is 11.6 Å². The lowest BCUT2D eigenvalue weighted by atomic mass is 10.1. The fourth-order valence-corrected chi connectivity index (χ4v) is 2.42. The van der Waals surface area contributed by atoms with Crippen molar-refractivity contribution in [3.05, 3.63) is 17.4 Å². The largest absolute Gasteiger partial charge is 0.344 e. The van der Waals surface area contributed by atoms with Crippen molar-refractivity contribution in [2.75, 3.05) is 38.1 Å². The minimum absolute atomic E-state index is 0.583. The van der Waals surface area contributed by atoms with Crippen molar-refractivity contribution in [1.29, 1.82) is 0 Å². The van der Waals surface area contributed by atoms with Gasteiger partial charge in [0.05, 0.1) is 17.4 Å². The Bertz CT molecular complexity index is 354. The molecular formula is C12H19ClN4. The summed E-state index contributed by atoms with van der Waals surface area (Å²) in [5, 5.41) is 0.583. The van der Waals surface area contributed by atoms with Gasteiger partial charge in [0.2, 0.25) is 5.95 Å². The second-order valence-electron chi connectivity index (χ2n) is 4.63. The van der Waals surface area contributed by atoms with Gasteiger partial charge >= 0.3 is 0 Å². The topological polar surface area (TPSA) is 32.3 Å². The Hall–Kier alpha value is -0.870. The number of hydrogen-bond donors (Lipinski definition) is 0. The Kier molecular flexibility index (Phi) is 4.18. The molecule has 0 radical (unpaired) electrons. The van der Waals surface area contributed by atoms with E-state index in [1.165, 1.54) is 19.5 Å². The molecule has 2 rings (SSSR count). The van der Waals surface area contributed by atoms with E-state index in [0.29, 0.717) is 5.02 Å². The summed E-state index contributed by atoms with van der Waals surface area (Å²) in [6.07, 6.45) is 4.56. The minimum atomic E-state index is 0.583. The van der Waals surface area contributed by atoms with E-state index in [1.54, 1.807) is 12.4 Å². The molecule has 1 aromatic heterocycles. The molecule has 0 bridgehead atoms. The highest BCUT2D eigenvalue weighted by molar-refractivity contribution is 6.30. The molecule has 0 aliphatic carbocycles. The number of nitrogens with zero attached hydrogens (tertiary/aromatic N) is 4. The average molecular weight is 255 g/mol. The summed E-state index contributed by atoms with van der Waals surface area (Å²) in [4.78, 5) is 13.1. The van der Waals surface area contributed by atoms with E-state index >= 15 is 0 Å². The van der Waals surface area contributed by atoms with E-state index in [0.717, 1.165) is 25.0 Å². The summed E-state index contributed by atoms with van der Waals surface area (Å²) in [6, 6.07) is 0. The second kappa shape index (κ2) is 5.65. The van der Waals surface area contributed by atoms with Gasteiger partial charge in [0, 0.05) is 20.1 Å². The smallest absolute Gasteiger partial charge is 0.225 e. The van der Waals surface area contributed by atoms with E-state index in [9.17, 15) is 0 Å². The van der Waals surface area contributed by atoms with Crippen LogP contribution in [0, 0.1) is 5.92 Å². The van der Waals surface area contributed by atoms with Crippen LogP contribution in [-0.4, -0.2) is 48.1 Å². The molecule has 1 atom stereocenters. The first kappa shape index (κ1) is 12.6. The molecular weight excluding hydrogens is 236 g/mol. The first-order valence-corrected chi connectivity index (χ1v) is 6.48. The van der Waals surface area contributed by atoms with Crippen LogP contribution in [0.5, 0.6) is 0 Å². The third kappa shape index (κ3) is 3.30. The van der Waals surface area contributed by atoms with Crippen LogP contribution in [0.3, 0.4) is 0 Å². The summed E-state index contributed by atoms with van der Waals surface area (Å²) in [7, 11) is 2.04. The maximum atomic E-state index is 5.77. The molecule has 4 nitrogen and oxygen atoms in total. The molecule has 0 amide bonds. The first-order valence-electron chi connectivity index (χ1n) is 6.10. The number of likely N-dealkylation sites (tertiary alicyclic amines) is 1. The lowest BCUT2D eigenvalue weighted by Crippen LogP contribution is -2.29. The molecule has 0 N–H and O–H groups in total. The molecule has 1 aromatic rings. The fourth-order valence-electron chi connectivity index (χ4n) is 2.32. The Morgan fingerprint density at radius 3 is 2.76 bits per heavy atom. The number of aromatic nitrogens is 2. The number of halogens is 1. The van der Waals surface area contributed by atoms with Crippen molar-refractivity contribution in [3.8, 4) is 0 Å². The average Bonchev–Trinajstić information content (AvgIpc) is 2.77. The van der Waals surface area contributed by atoms with Gasteiger partial charge in [-0.05, 0) is 25.4 Å². The van der Waals surface area contributed by atoms with Crippen molar-refractivity contribution in [2.45, 2.75) is 13.3 Å². The van der Waals surface area contributed by atoms with Crippen molar-refractivity contribution < 1.29 is 0 Å². The molecule has 1 aliphatic heterocycles. The molecule has 94 valence electrons. The van der Waals surface area contributed by atoms with Crippen molar-refractivity contribution >= 4 is 17.5 Å². The Morgan fingerprint density at radius 2 is 2.18 bits per heavy atom. The SMILES string of the molecule is CCN1CCC(CN(C)c2ncc(Cl)cn2)C1. The maximum absolute atomic E-state index is 5.77. The molecule has 1 unspecified atom stereocenters. The van der Waals surface area contributed by atoms with Crippen LogP contribution in [-0.2, 0) is 0 Å². The molecule has 0 aromatic carbocycles. The van der Waals surface area contributed by atoms with Crippen LogP contribution >= 0.6 is 11.6 Å². The zero-order valence-corrected chi connectivity index (χ0v) is 11.2. The highest BCUT2D eigenvalue weighted by atomic mass is 35.5. The van der Waals surface area contributed by atoms with Gasteiger partial charge in [-0.3, -0.25) is 0 Å². The van der Waals surface area contributed by atoms with Gasteiger partial charge in [-0.15, -0.1) is 0 Å². The third-order valence-electron chi connectivity index (χ3n) is 3.30. The molecule has 1 aliphatic rings. The predicted octanol–water partition coefficient (Wildman–Crippen LogP) is 1.91. The van der Waals surface area contributed by atoms with Crippen molar-refractivity contribution in [2.24, 2.45) is 5.92 Å². The monoisotopic (exact) mass is 254 g/mol. The molecule has 17 heavy (non-hydrogen) atoms. The Balaban J connectivity index is 1.89. The molecule has 0 spiro atoms. The highest BCUT2D eigenvalue weighted by Gasteiger charge is 2.22. The first-order chi connectivity index (χ1) is 8.19. The minimum Gasteiger partial charge on any atom is -0.344 e. The summed E-state index contributed by atoms with van der Waals surface area (Å²) in [5.41, 5.74) is 0. The van der Waals surface area contributed by atoms with E-state index < -0.39 is 0 Å². The normalized spacial score (nSPS) is 20.8. The summed E-state index contributed by atoms with van der Waals surface area (Å²) >= 11 is 5.77. The predicted molar refractivity (Wildman–Crippen MR) is 70.5 cm³/mol. The standard InChI is InChI=1S/C12H19ClN4/c1-3-17-5-4-10(9-17)8-16(2)12-14-6-11(13)7-15-12/h6-7,10H,3-5,8-9H2,1-2H3. The maximum Gasteiger partial charge on any atom is 0.225 e. The van der Waals surface area contributed by atoms with Crippen LogP contribution in [0.4, 0.5) is 5.95 Å². The van der Waals surface area contributed by atoms with Crippen LogP contribution < -0.4 is 4.90 Å². The van der Waals surface area contributed by atoms with Crippen LogP contribution in [0.15, 0.2) is 12.4 Å². The van der Waals surface area contributed by atoms with Gasteiger partial charge < -0.3 is 9.80 Å². The molecule has 2 heterocycles. The molecule has 0 saturated carbocycles. The van der Waals surface area contributed by atoms with Crippen LogP contribution in [0.1, 0.15) is 13.3 Å². The quantitative estimate of drug-likeness (QED) is 0.822. The van der Waals surface area contributed by atoms with Gasteiger partial charge in [-0.1, -0.05) is 18.5 Å². The van der Waals surface area contributed by atoms with Gasteiger partial charge in [0.1, 0.15) is 0 Å².